The van der Waals surface area contributed by atoms with Gasteiger partial charge < -0.3 is 4.90 Å². The van der Waals surface area contributed by atoms with Crippen molar-refractivity contribution in [1.29, 1.82) is 0 Å². The Hall–Kier alpha value is -2.80. The molecule has 0 bridgehead atoms. The SMILES string of the molecule is c1ccc(-n2nnnc2N2CCN(CCc3ccncc3)CC2)cc1. The smallest absolute Gasteiger partial charge is 0.250 e. The van der Waals surface area contributed by atoms with E-state index in [4.69, 9.17) is 0 Å². The Bertz CT molecular complexity index is 779. The van der Waals surface area contributed by atoms with Crippen LogP contribution in [-0.4, -0.2) is 62.8 Å². The molecule has 7 nitrogen and oxygen atoms in total. The fourth-order valence-corrected chi connectivity index (χ4v) is 3.12. The van der Waals surface area contributed by atoms with Crippen LogP contribution in [0.5, 0.6) is 0 Å². The maximum absolute atomic E-state index is 4.24. The second-order valence-electron chi connectivity index (χ2n) is 6.16. The lowest BCUT2D eigenvalue weighted by Crippen LogP contribution is -2.47. The molecule has 1 saturated heterocycles. The Morgan fingerprint density at radius 2 is 1.64 bits per heavy atom. The number of para-hydroxylation sites is 1. The molecule has 0 N–H and O–H groups in total. The highest BCUT2D eigenvalue weighted by Crippen LogP contribution is 2.17. The van der Waals surface area contributed by atoms with E-state index in [0.29, 0.717) is 0 Å². The molecular formula is C18H21N7. The average molecular weight is 335 g/mol. The standard InChI is InChI=1S/C18H21N7/c1-2-4-17(5-3-1)25-18(20-21-22-25)24-14-12-23(13-15-24)11-8-16-6-9-19-10-7-16/h1-7,9-10H,8,11-15H2. The van der Waals surface area contributed by atoms with E-state index in [-0.39, 0.29) is 0 Å². The average Bonchev–Trinajstić information content (AvgIpc) is 3.18. The summed E-state index contributed by atoms with van der Waals surface area (Å²) in [6.45, 7) is 4.98. The Morgan fingerprint density at radius 1 is 0.880 bits per heavy atom. The Morgan fingerprint density at radius 3 is 2.40 bits per heavy atom. The summed E-state index contributed by atoms with van der Waals surface area (Å²) in [4.78, 5) is 8.82. The van der Waals surface area contributed by atoms with Crippen molar-refractivity contribution < 1.29 is 0 Å². The second-order valence-corrected chi connectivity index (χ2v) is 6.16. The van der Waals surface area contributed by atoms with Gasteiger partial charge in [0.25, 0.3) is 0 Å². The van der Waals surface area contributed by atoms with Gasteiger partial charge in [-0.15, -0.1) is 0 Å². The van der Waals surface area contributed by atoms with E-state index in [1.54, 1.807) is 0 Å². The monoisotopic (exact) mass is 335 g/mol. The van der Waals surface area contributed by atoms with Crippen LogP contribution in [0.3, 0.4) is 0 Å². The molecule has 0 unspecified atom stereocenters. The first-order chi connectivity index (χ1) is 12.4. The molecule has 0 atom stereocenters. The summed E-state index contributed by atoms with van der Waals surface area (Å²) < 4.78 is 1.81. The largest absolute Gasteiger partial charge is 0.337 e. The zero-order chi connectivity index (χ0) is 16.9. The summed E-state index contributed by atoms with van der Waals surface area (Å²) in [5.41, 5.74) is 2.33. The molecule has 0 aliphatic carbocycles. The van der Waals surface area contributed by atoms with Crippen LogP contribution in [0.25, 0.3) is 5.69 Å². The summed E-state index contributed by atoms with van der Waals surface area (Å²) in [6, 6.07) is 14.2. The first-order valence-corrected chi connectivity index (χ1v) is 8.60. The zero-order valence-corrected chi connectivity index (χ0v) is 14.1. The highest BCUT2D eigenvalue weighted by atomic mass is 15.6. The Balaban J connectivity index is 1.36. The quantitative estimate of drug-likeness (QED) is 0.703. The van der Waals surface area contributed by atoms with Crippen LogP contribution in [0.15, 0.2) is 54.9 Å². The minimum absolute atomic E-state index is 0.819. The number of rotatable bonds is 5. The van der Waals surface area contributed by atoms with Gasteiger partial charge in [-0.3, -0.25) is 9.88 Å². The molecule has 3 aromatic rings. The molecule has 128 valence electrons. The van der Waals surface area contributed by atoms with Crippen molar-refractivity contribution in [2.45, 2.75) is 6.42 Å². The van der Waals surface area contributed by atoms with Crippen LogP contribution in [0.2, 0.25) is 0 Å². The molecule has 2 aromatic heterocycles. The number of hydrogen-bond donors (Lipinski definition) is 0. The third kappa shape index (κ3) is 3.66. The summed E-state index contributed by atoms with van der Waals surface area (Å²) in [6.07, 6.45) is 4.78. The molecule has 1 aliphatic heterocycles. The summed E-state index contributed by atoms with van der Waals surface area (Å²) in [7, 11) is 0. The van der Waals surface area contributed by atoms with Crippen LogP contribution in [0.4, 0.5) is 5.95 Å². The number of piperazine rings is 1. The maximum Gasteiger partial charge on any atom is 0.250 e. The number of pyridine rings is 1. The molecule has 4 rings (SSSR count). The van der Waals surface area contributed by atoms with Crippen molar-refractivity contribution in [3.63, 3.8) is 0 Å². The van der Waals surface area contributed by atoms with E-state index in [1.165, 1.54) is 5.56 Å². The first-order valence-electron chi connectivity index (χ1n) is 8.60. The molecular weight excluding hydrogens is 314 g/mol. The fraction of sp³-hybridized carbons (Fsp3) is 0.333. The number of tetrazole rings is 1. The molecule has 0 saturated carbocycles. The minimum Gasteiger partial charge on any atom is -0.337 e. The van der Waals surface area contributed by atoms with Crippen molar-refractivity contribution in [3.8, 4) is 5.69 Å². The molecule has 1 aromatic carbocycles. The van der Waals surface area contributed by atoms with Gasteiger partial charge in [-0.05, 0) is 46.7 Å². The van der Waals surface area contributed by atoms with Crippen LogP contribution >= 0.6 is 0 Å². The van der Waals surface area contributed by atoms with Gasteiger partial charge in [0, 0.05) is 45.1 Å². The molecule has 0 radical (unpaired) electrons. The van der Waals surface area contributed by atoms with Gasteiger partial charge in [-0.2, -0.15) is 4.68 Å². The normalized spacial score (nSPS) is 15.4. The van der Waals surface area contributed by atoms with Crippen molar-refractivity contribution in [1.82, 2.24) is 30.1 Å². The number of hydrogen-bond acceptors (Lipinski definition) is 6. The van der Waals surface area contributed by atoms with E-state index >= 15 is 0 Å². The molecule has 7 heteroatoms. The lowest BCUT2D eigenvalue weighted by molar-refractivity contribution is 0.259. The lowest BCUT2D eigenvalue weighted by atomic mass is 10.2. The lowest BCUT2D eigenvalue weighted by Gasteiger charge is -2.34. The van der Waals surface area contributed by atoms with Crippen LogP contribution in [-0.2, 0) is 6.42 Å². The second kappa shape index (κ2) is 7.40. The third-order valence-corrected chi connectivity index (χ3v) is 4.58. The van der Waals surface area contributed by atoms with E-state index in [2.05, 4.69) is 42.4 Å². The highest BCUT2D eigenvalue weighted by molar-refractivity contribution is 5.40. The topological polar surface area (TPSA) is 63.0 Å². The van der Waals surface area contributed by atoms with Crippen LogP contribution in [0.1, 0.15) is 5.56 Å². The predicted octanol–water partition coefficient (Wildman–Crippen LogP) is 1.42. The summed E-state index contributed by atoms with van der Waals surface area (Å²) in [5.74, 6) is 0.819. The van der Waals surface area contributed by atoms with Gasteiger partial charge in [-0.1, -0.05) is 23.3 Å². The van der Waals surface area contributed by atoms with Crippen molar-refractivity contribution >= 4 is 5.95 Å². The predicted molar refractivity (Wildman–Crippen MR) is 95.7 cm³/mol. The number of nitrogens with zero attached hydrogens (tertiary/aromatic N) is 7. The Labute approximate surface area is 146 Å². The van der Waals surface area contributed by atoms with E-state index in [1.807, 2.05) is 47.4 Å². The number of benzene rings is 1. The third-order valence-electron chi connectivity index (χ3n) is 4.58. The van der Waals surface area contributed by atoms with Gasteiger partial charge in [-0.25, -0.2) is 0 Å². The van der Waals surface area contributed by atoms with E-state index < -0.39 is 0 Å². The van der Waals surface area contributed by atoms with E-state index in [9.17, 15) is 0 Å². The molecule has 3 heterocycles. The zero-order valence-electron chi connectivity index (χ0n) is 14.1. The van der Waals surface area contributed by atoms with Gasteiger partial charge in [0.2, 0.25) is 5.95 Å². The highest BCUT2D eigenvalue weighted by Gasteiger charge is 2.22. The first kappa shape index (κ1) is 15.7. The van der Waals surface area contributed by atoms with Gasteiger partial charge in [0.1, 0.15) is 0 Å². The Kier molecular flexibility index (Phi) is 4.65. The van der Waals surface area contributed by atoms with E-state index in [0.717, 1.165) is 50.8 Å². The number of anilines is 1. The van der Waals surface area contributed by atoms with Gasteiger partial charge in [0.05, 0.1) is 5.69 Å². The van der Waals surface area contributed by atoms with Crippen LogP contribution in [0, 0.1) is 0 Å². The van der Waals surface area contributed by atoms with Gasteiger partial charge >= 0.3 is 0 Å². The summed E-state index contributed by atoms with van der Waals surface area (Å²) in [5, 5.41) is 12.3. The van der Waals surface area contributed by atoms with Gasteiger partial charge in [0.15, 0.2) is 0 Å². The van der Waals surface area contributed by atoms with Crippen LogP contribution < -0.4 is 4.90 Å². The maximum atomic E-state index is 4.24. The fourth-order valence-electron chi connectivity index (χ4n) is 3.12. The summed E-state index contributed by atoms with van der Waals surface area (Å²) >= 11 is 0. The van der Waals surface area contributed by atoms with Crippen molar-refractivity contribution in [3.05, 3.63) is 60.4 Å². The molecule has 1 aliphatic rings. The van der Waals surface area contributed by atoms with Crippen molar-refractivity contribution in [2.24, 2.45) is 0 Å². The minimum atomic E-state index is 0.819. The molecule has 25 heavy (non-hydrogen) atoms. The number of aromatic nitrogens is 5. The van der Waals surface area contributed by atoms with Crippen molar-refractivity contribution in [2.75, 3.05) is 37.6 Å². The molecule has 0 amide bonds. The molecule has 0 spiro atoms. The molecule has 1 fully saturated rings.